The number of Topliss-reactive ketones (excluding diaryl/α,β-unsaturated/α-hetero) is 1. The van der Waals surface area contributed by atoms with Crippen LogP contribution >= 0.6 is 11.9 Å². The maximum atomic E-state index is 13.7. The predicted molar refractivity (Wildman–Crippen MR) is 82.7 cm³/mol. The number of aryl methyl sites for hydroxylation is 1. The molecule has 0 spiro atoms. The van der Waals surface area contributed by atoms with Gasteiger partial charge in [0.05, 0.1) is 5.69 Å². The summed E-state index contributed by atoms with van der Waals surface area (Å²) in [5.41, 5.74) is 2.21. The fourth-order valence-electron chi connectivity index (χ4n) is 2.42. The highest BCUT2D eigenvalue weighted by Crippen LogP contribution is 2.37. The molecule has 1 N–H and O–H groups in total. The molecule has 0 fully saturated rings. The minimum atomic E-state index is -0.790. The summed E-state index contributed by atoms with van der Waals surface area (Å²) in [6, 6.07) is 6.57. The van der Waals surface area contributed by atoms with E-state index in [9.17, 15) is 13.6 Å². The lowest BCUT2D eigenvalue weighted by Crippen LogP contribution is -1.98. The molecule has 0 aliphatic heterocycles. The Kier molecular flexibility index (Phi) is 4.02. The summed E-state index contributed by atoms with van der Waals surface area (Å²) >= 11 is 1.36. The molecule has 0 saturated carbocycles. The monoisotopic (exact) mass is 321 g/mol. The summed E-state index contributed by atoms with van der Waals surface area (Å²) in [5.74, 6) is -1.15. The predicted octanol–water partition coefficient (Wildman–Crippen LogP) is 4.58. The van der Waals surface area contributed by atoms with E-state index >= 15 is 0 Å². The number of halogens is 2. The summed E-state index contributed by atoms with van der Waals surface area (Å²) in [4.78, 5) is 11.8. The minimum absolute atomic E-state index is 0.0510. The lowest BCUT2D eigenvalue weighted by atomic mass is 10.1. The molecule has 0 radical (unpaired) electrons. The number of anilines is 1. The average Bonchev–Trinajstić information content (AvgIpc) is 2.83. The van der Waals surface area contributed by atoms with Gasteiger partial charge in [0.15, 0.2) is 23.1 Å². The van der Waals surface area contributed by atoms with Crippen molar-refractivity contribution in [2.24, 2.45) is 0 Å². The first-order chi connectivity index (χ1) is 10.6. The van der Waals surface area contributed by atoms with E-state index in [1.54, 1.807) is 6.07 Å². The highest BCUT2D eigenvalue weighted by atomic mass is 32.2. The second-order valence-electron chi connectivity index (χ2n) is 4.91. The molecule has 0 bridgehead atoms. The Bertz CT molecular complexity index is 749. The molecule has 2 aromatic rings. The topological polar surface area (TPSA) is 38.3 Å². The van der Waals surface area contributed by atoms with E-state index < -0.39 is 11.6 Å². The summed E-state index contributed by atoms with van der Waals surface area (Å²) < 4.78 is 35.3. The average molecular weight is 321 g/mol. The van der Waals surface area contributed by atoms with Crippen molar-refractivity contribution in [3.63, 3.8) is 0 Å². The third-order valence-corrected chi connectivity index (χ3v) is 3.88. The Morgan fingerprint density at radius 2 is 1.95 bits per heavy atom. The van der Waals surface area contributed by atoms with E-state index in [0.717, 1.165) is 17.7 Å². The first-order valence-electron chi connectivity index (χ1n) is 6.70. The standard InChI is InChI=1S/C16H13F2NO2S/c1-22-19-13-6-9-2-4-14(20)11(9)8-16(13)21-15-5-3-10(17)7-12(15)18/h3,5-8,19H,2,4H2,1H3. The van der Waals surface area contributed by atoms with Crippen LogP contribution in [0.5, 0.6) is 11.5 Å². The van der Waals surface area contributed by atoms with Crippen LogP contribution in [0.4, 0.5) is 14.5 Å². The smallest absolute Gasteiger partial charge is 0.168 e. The number of ketones is 1. The number of carbonyl (C=O) groups is 1. The molecule has 1 aliphatic carbocycles. The van der Waals surface area contributed by atoms with Gasteiger partial charge in [-0.2, -0.15) is 0 Å². The molecule has 3 rings (SSSR count). The number of nitrogens with one attached hydrogen (secondary N) is 1. The Morgan fingerprint density at radius 3 is 2.68 bits per heavy atom. The van der Waals surface area contributed by atoms with Gasteiger partial charge in [-0.1, -0.05) is 11.9 Å². The summed E-state index contributed by atoms with van der Waals surface area (Å²) in [7, 11) is 0. The number of ether oxygens (including phenoxy) is 1. The van der Waals surface area contributed by atoms with Crippen molar-refractivity contribution < 1.29 is 18.3 Å². The van der Waals surface area contributed by atoms with Crippen molar-refractivity contribution in [2.45, 2.75) is 12.8 Å². The molecule has 114 valence electrons. The van der Waals surface area contributed by atoms with Gasteiger partial charge in [-0.3, -0.25) is 4.79 Å². The Labute approximate surface area is 130 Å². The van der Waals surface area contributed by atoms with Gasteiger partial charge in [-0.05, 0) is 36.2 Å². The zero-order valence-corrected chi connectivity index (χ0v) is 12.6. The molecule has 0 heterocycles. The van der Waals surface area contributed by atoms with Crippen molar-refractivity contribution in [1.82, 2.24) is 0 Å². The van der Waals surface area contributed by atoms with Crippen molar-refractivity contribution in [2.75, 3.05) is 11.0 Å². The molecule has 0 amide bonds. The molecule has 6 heteroatoms. The van der Waals surface area contributed by atoms with Crippen molar-refractivity contribution in [3.05, 3.63) is 53.1 Å². The van der Waals surface area contributed by atoms with E-state index in [2.05, 4.69) is 4.72 Å². The van der Waals surface area contributed by atoms with Crippen LogP contribution in [0, 0.1) is 11.6 Å². The van der Waals surface area contributed by atoms with Crippen LogP contribution in [-0.2, 0) is 6.42 Å². The third-order valence-electron chi connectivity index (χ3n) is 3.45. The number of rotatable bonds is 4. The summed E-state index contributed by atoms with van der Waals surface area (Å²) in [5, 5.41) is 0. The van der Waals surface area contributed by atoms with Crippen molar-refractivity contribution >= 4 is 23.4 Å². The summed E-state index contributed by atoms with van der Waals surface area (Å²) in [6.07, 6.45) is 3.02. The number of hydrogen-bond acceptors (Lipinski definition) is 4. The first-order valence-corrected chi connectivity index (χ1v) is 7.93. The maximum Gasteiger partial charge on any atom is 0.168 e. The number of fused-ring (bicyclic) bond motifs is 1. The van der Waals surface area contributed by atoms with E-state index in [4.69, 9.17) is 4.74 Å². The van der Waals surface area contributed by atoms with E-state index in [-0.39, 0.29) is 11.5 Å². The zero-order valence-electron chi connectivity index (χ0n) is 11.8. The van der Waals surface area contributed by atoms with Gasteiger partial charge in [0.2, 0.25) is 0 Å². The van der Waals surface area contributed by atoms with Gasteiger partial charge >= 0.3 is 0 Å². The maximum absolute atomic E-state index is 13.7. The van der Waals surface area contributed by atoms with Gasteiger partial charge in [-0.15, -0.1) is 0 Å². The van der Waals surface area contributed by atoms with Crippen LogP contribution in [0.3, 0.4) is 0 Å². The fraction of sp³-hybridized carbons (Fsp3) is 0.188. The van der Waals surface area contributed by atoms with Gasteiger partial charge in [0.1, 0.15) is 5.82 Å². The van der Waals surface area contributed by atoms with E-state index in [1.807, 2.05) is 12.3 Å². The fourth-order valence-corrected chi connectivity index (χ4v) is 2.80. The van der Waals surface area contributed by atoms with Gasteiger partial charge in [0.25, 0.3) is 0 Å². The molecule has 3 nitrogen and oxygen atoms in total. The zero-order chi connectivity index (χ0) is 15.7. The van der Waals surface area contributed by atoms with Crippen LogP contribution in [0.1, 0.15) is 22.3 Å². The van der Waals surface area contributed by atoms with Crippen LogP contribution in [0.25, 0.3) is 0 Å². The second-order valence-corrected chi connectivity index (χ2v) is 5.52. The largest absolute Gasteiger partial charge is 0.452 e. The van der Waals surface area contributed by atoms with Gasteiger partial charge in [-0.25, -0.2) is 8.78 Å². The van der Waals surface area contributed by atoms with Crippen LogP contribution in [-0.4, -0.2) is 12.0 Å². The molecular formula is C16H13F2NO2S. The number of carbonyl (C=O) groups excluding carboxylic acids is 1. The Morgan fingerprint density at radius 1 is 1.14 bits per heavy atom. The number of hydrogen-bond donors (Lipinski definition) is 1. The molecule has 0 aromatic heterocycles. The van der Waals surface area contributed by atoms with Gasteiger partial charge < -0.3 is 9.46 Å². The molecule has 0 saturated heterocycles. The van der Waals surface area contributed by atoms with Crippen LogP contribution in [0.15, 0.2) is 30.3 Å². The van der Waals surface area contributed by atoms with E-state index in [0.29, 0.717) is 29.8 Å². The van der Waals surface area contributed by atoms with Crippen LogP contribution in [0.2, 0.25) is 0 Å². The highest BCUT2D eigenvalue weighted by Gasteiger charge is 2.23. The Hall–Kier alpha value is -2.08. The first kappa shape index (κ1) is 14.8. The van der Waals surface area contributed by atoms with Crippen molar-refractivity contribution in [1.29, 1.82) is 0 Å². The lowest BCUT2D eigenvalue weighted by molar-refractivity contribution is 0.0994. The SMILES string of the molecule is CSNc1cc2c(cc1Oc1ccc(F)cc1F)C(=O)CC2. The Balaban J connectivity index is 2.01. The molecule has 22 heavy (non-hydrogen) atoms. The van der Waals surface area contributed by atoms with Gasteiger partial charge in [0, 0.05) is 24.3 Å². The van der Waals surface area contributed by atoms with E-state index in [1.165, 1.54) is 18.0 Å². The quantitative estimate of drug-likeness (QED) is 0.837. The second kappa shape index (κ2) is 5.96. The third kappa shape index (κ3) is 2.78. The molecular weight excluding hydrogens is 308 g/mol. The van der Waals surface area contributed by atoms with Crippen molar-refractivity contribution in [3.8, 4) is 11.5 Å². The molecule has 1 aliphatic rings. The van der Waals surface area contributed by atoms with Crippen LogP contribution < -0.4 is 9.46 Å². The number of benzene rings is 2. The molecule has 0 unspecified atom stereocenters. The molecule has 2 aromatic carbocycles. The molecule has 0 atom stereocenters. The minimum Gasteiger partial charge on any atom is -0.452 e. The lowest BCUT2D eigenvalue weighted by Gasteiger charge is -2.14. The highest BCUT2D eigenvalue weighted by molar-refractivity contribution is 7.99. The normalized spacial score (nSPS) is 13.1. The summed E-state index contributed by atoms with van der Waals surface area (Å²) in [6.45, 7) is 0.